The molecule has 64 valence electrons. The lowest BCUT2D eigenvalue weighted by molar-refractivity contribution is -0.113. The van der Waals surface area contributed by atoms with E-state index in [0.717, 1.165) is 5.75 Å². The second-order valence-electron chi connectivity index (χ2n) is 1.50. The third-order valence-corrected chi connectivity index (χ3v) is 1.79. The fourth-order valence-electron chi connectivity index (χ4n) is 0.462. The molecule has 0 aromatic carbocycles. The summed E-state index contributed by atoms with van der Waals surface area (Å²) < 4.78 is 0. The Kier molecular flexibility index (Phi) is 7.94. The Hall–Kier alpha value is -0.190. The summed E-state index contributed by atoms with van der Waals surface area (Å²) in [7, 11) is 0. The van der Waals surface area contributed by atoms with Crippen molar-refractivity contribution in [2.45, 2.75) is 0 Å². The fourth-order valence-corrected chi connectivity index (χ4v) is 1.08. The molecule has 0 fully saturated rings. The van der Waals surface area contributed by atoms with E-state index < -0.39 is 5.91 Å². The lowest BCUT2D eigenvalue weighted by atomic mass is 10.6. The third kappa shape index (κ3) is 4.29. The number of halogens is 2. The van der Waals surface area contributed by atoms with Gasteiger partial charge in [0, 0.05) is 18.2 Å². The third-order valence-electron chi connectivity index (χ3n) is 0.853. The average Bonchev–Trinajstić information content (AvgIpc) is 1.90. The minimum atomic E-state index is -0.392. The molecule has 0 saturated heterocycles. The minimum absolute atomic E-state index is 0. The number of hydrogen-bond acceptors (Lipinski definition) is 3. The summed E-state index contributed by atoms with van der Waals surface area (Å²) in [6.45, 7) is 0. The molecule has 0 aromatic rings. The molecular formula is C5H8Cl2N2OS. The number of hydrogen-bond donors (Lipinski definition) is 1. The zero-order valence-electron chi connectivity index (χ0n) is 5.52. The molecule has 0 bridgehead atoms. The van der Waals surface area contributed by atoms with E-state index in [9.17, 15) is 4.79 Å². The maximum absolute atomic E-state index is 10.4. The lowest BCUT2D eigenvalue weighted by Gasteiger charge is -2.00. The minimum Gasteiger partial charge on any atom is -0.365 e. The van der Waals surface area contributed by atoms with Crippen molar-refractivity contribution in [1.29, 1.82) is 0 Å². The van der Waals surface area contributed by atoms with Crippen molar-refractivity contribution < 1.29 is 4.79 Å². The first-order chi connectivity index (χ1) is 4.30. The highest BCUT2D eigenvalue weighted by atomic mass is 35.5. The van der Waals surface area contributed by atoms with E-state index >= 15 is 0 Å². The number of aliphatic imine (C=N–C) groups is 1. The number of thioether (sulfide) groups is 1. The van der Waals surface area contributed by atoms with Crippen LogP contribution in [0.25, 0.3) is 0 Å². The van der Waals surface area contributed by atoms with Crippen LogP contribution in [0.4, 0.5) is 0 Å². The molecule has 1 rings (SSSR count). The lowest BCUT2D eigenvalue weighted by Crippen LogP contribution is -2.13. The Morgan fingerprint density at radius 3 is 2.55 bits per heavy atom. The zero-order valence-corrected chi connectivity index (χ0v) is 7.97. The predicted octanol–water partition coefficient (Wildman–Crippen LogP) is 0.974. The molecule has 0 atom stereocenters. The van der Waals surface area contributed by atoms with Crippen molar-refractivity contribution in [3.05, 3.63) is 11.1 Å². The molecule has 2 N–H and O–H groups in total. The normalized spacial score (nSPS) is 14.0. The summed E-state index contributed by atoms with van der Waals surface area (Å²) >= 11 is 1.41. The van der Waals surface area contributed by atoms with Crippen molar-refractivity contribution in [3.8, 4) is 0 Å². The SMILES string of the molecule is Cl.Cl.NC(=O)C1=CN=CCS1. The van der Waals surface area contributed by atoms with E-state index in [4.69, 9.17) is 5.73 Å². The summed E-state index contributed by atoms with van der Waals surface area (Å²) in [6, 6.07) is 0. The van der Waals surface area contributed by atoms with Crippen LogP contribution in [-0.4, -0.2) is 17.9 Å². The van der Waals surface area contributed by atoms with Crippen LogP contribution in [0, 0.1) is 0 Å². The van der Waals surface area contributed by atoms with Gasteiger partial charge in [0.2, 0.25) is 0 Å². The van der Waals surface area contributed by atoms with Crippen LogP contribution in [-0.2, 0) is 4.79 Å². The Balaban J connectivity index is 0. The first-order valence-electron chi connectivity index (χ1n) is 2.45. The molecule has 1 aliphatic heterocycles. The number of carbonyl (C=O) groups is 1. The van der Waals surface area contributed by atoms with E-state index in [1.165, 1.54) is 18.0 Å². The molecule has 0 radical (unpaired) electrons. The number of rotatable bonds is 1. The summed E-state index contributed by atoms with van der Waals surface area (Å²) in [5, 5.41) is 0. The monoisotopic (exact) mass is 214 g/mol. The summed E-state index contributed by atoms with van der Waals surface area (Å²) in [4.78, 5) is 14.7. The second-order valence-corrected chi connectivity index (χ2v) is 2.56. The maximum Gasteiger partial charge on any atom is 0.256 e. The van der Waals surface area contributed by atoms with E-state index in [-0.39, 0.29) is 24.8 Å². The topological polar surface area (TPSA) is 55.5 Å². The Bertz CT molecular complexity index is 193. The highest BCUT2D eigenvalue weighted by Crippen LogP contribution is 2.16. The highest BCUT2D eigenvalue weighted by Gasteiger charge is 2.05. The van der Waals surface area contributed by atoms with Crippen molar-refractivity contribution in [3.63, 3.8) is 0 Å². The quantitative estimate of drug-likeness (QED) is 0.708. The van der Waals surface area contributed by atoms with Gasteiger partial charge in [-0.3, -0.25) is 9.79 Å². The van der Waals surface area contributed by atoms with Crippen molar-refractivity contribution >= 4 is 48.7 Å². The van der Waals surface area contributed by atoms with Gasteiger partial charge in [-0.2, -0.15) is 0 Å². The van der Waals surface area contributed by atoms with Gasteiger partial charge in [-0.05, 0) is 0 Å². The number of nitrogens with zero attached hydrogens (tertiary/aromatic N) is 1. The molecule has 3 nitrogen and oxygen atoms in total. The van der Waals surface area contributed by atoms with Gasteiger partial charge < -0.3 is 5.73 Å². The van der Waals surface area contributed by atoms with Crippen LogP contribution >= 0.6 is 36.6 Å². The molecule has 0 saturated carbocycles. The molecule has 0 spiro atoms. The molecule has 0 aromatic heterocycles. The Morgan fingerprint density at radius 2 is 2.27 bits per heavy atom. The van der Waals surface area contributed by atoms with Gasteiger partial charge in [0.15, 0.2) is 0 Å². The fraction of sp³-hybridized carbons (Fsp3) is 0.200. The smallest absolute Gasteiger partial charge is 0.256 e. The van der Waals surface area contributed by atoms with E-state index in [1.807, 2.05) is 0 Å². The molecule has 6 heteroatoms. The van der Waals surface area contributed by atoms with Crippen LogP contribution in [0.3, 0.4) is 0 Å². The molecule has 0 aliphatic carbocycles. The van der Waals surface area contributed by atoms with Crippen molar-refractivity contribution in [2.24, 2.45) is 10.7 Å². The van der Waals surface area contributed by atoms with Gasteiger partial charge in [0.1, 0.15) is 0 Å². The van der Waals surface area contributed by atoms with Crippen LogP contribution in [0.2, 0.25) is 0 Å². The van der Waals surface area contributed by atoms with Gasteiger partial charge >= 0.3 is 0 Å². The summed E-state index contributed by atoms with van der Waals surface area (Å²) in [6.07, 6.45) is 3.22. The zero-order chi connectivity index (χ0) is 6.69. The molecule has 1 heterocycles. The largest absolute Gasteiger partial charge is 0.365 e. The van der Waals surface area contributed by atoms with E-state index in [1.54, 1.807) is 6.21 Å². The van der Waals surface area contributed by atoms with Crippen LogP contribution in [0.15, 0.2) is 16.1 Å². The Labute approximate surface area is 81.3 Å². The van der Waals surface area contributed by atoms with Crippen LogP contribution < -0.4 is 5.73 Å². The highest BCUT2D eigenvalue weighted by molar-refractivity contribution is 8.04. The average molecular weight is 215 g/mol. The van der Waals surface area contributed by atoms with E-state index in [0.29, 0.717) is 4.91 Å². The molecular weight excluding hydrogens is 207 g/mol. The Morgan fingerprint density at radius 1 is 1.64 bits per heavy atom. The molecule has 0 unspecified atom stereocenters. The van der Waals surface area contributed by atoms with Crippen LogP contribution in [0.5, 0.6) is 0 Å². The summed E-state index contributed by atoms with van der Waals surface area (Å²) in [5.74, 6) is 0.353. The van der Waals surface area contributed by atoms with Gasteiger partial charge in [-0.1, -0.05) is 0 Å². The van der Waals surface area contributed by atoms with Crippen molar-refractivity contribution in [1.82, 2.24) is 0 Å². The van der Waals surface area contributed by atoms with Gasteiger partial charge in [-0.15, -0.1) is 36.6 Å². The standard InChI is InChI=1S/C5H6N2OS.2ClH/c6-5(8)4-3-7-1-2-9-4;;/h1,3H,2H2,(H2,6,8);2*1H. The van der Waals surface area contributed by atoms with Crippen molar-refractivity contribution in [2.75, 3.05) is 5.75 Å². The van der Waals surface area contributed by atoms with Gasteiger partial charge in [0.05, 0.1) is 4.91 Å². The first-order valence-corrected chi connectivity index (χ1v) is 3.43. The van der Waals surface area contributed by atoms with E-state index in [2.05, 4.69) is 4.99 Å². The van der Waals surface area contributed by atoms with Gasteiger partial charge in [-0.25, -0.2) is 0 Å². The maximum atomic E-state index is 10.4. The first kappa shape index (κ1) is 13.4. The molecule has 1 aliphatic rings. The molecule has 1 amide bonds. The molecule has 11 heavy (non-hydrogen) atoms. The number of nitrogens with two attached hydrogens (primary N) is 1. The number of amides is 1. The van der Waals surface area contributed by atoms with Crippen LogP contribution in [0.1, 0.15) is 0 Å². The number of carbonyl (C=O) groups excluding carboxylic acids is 1. The predicted molar refractivity (Wildman–Crippen MR) is 52.7 cm³/mol. The second kappa shape index (κ2) is 6.52. The van der Waals surface area contributed by atoms with Gasteiger partial charge in [0.25, 0.3) is 5.91 Å². The number of primary amides is 1. The summed E-state index contributed by atoms with van der Waals surface area (Å²) in [5.41, 5.74) is 4.97.